The van der Waals surface area contributed by atoms with E-state index < -0.39 is 60.4 Å². The minimum Gasteiger partial charge on any atom is -0.550 e. The SMILES string of the molecule is CC.CC.CC.CC.CCCNC(CCCCCC(=O)C(CCCCCC(=O)C(N)CCCCNC(C)=O)NC(=O)CCC(=O)[O-])C(C)=O.CCCNC(CCCCCC(=O)C(CCCCCC(C)=O)NC(=O)CCC(=O)[O-])C(C)=O.CCCNC(CCCCCC(=O)C(CCCCCC(C)=O)NC(C)=O)C(C)=O.CCCNC(CCCCCC(=O)C(N)CCCCNC(C)=O)C(C)=O. The van der Waals surface area contributed by atoms with E-state index in [9.17, 15) is 96.5 Å². The van der Waals surface area contributed by atoms with Crippen LogP contribution in [-0.2, 0) is 86.3 Å². The Morgan fingerprint density at radius 1 is 0.224 bits per heavy atom. The number of carboxylic acid groups (broad SMARTS) is 2. The number of Topliss-reactive ketones (excluding diaryl/α,β-unsaturated/α-hetero) is 11. The summed E-state index contributed by atoms with van der Waals surface area (Å²) in [6.07, 6.45) is 31.3. The zero-order chi connectivity index (χ0) is 104. The highest BCUT2D eigenvalue weighted by atomic mass is 16.4. The lowest BCUT2D eigenvalue weighted by Gasteiger charge is -2.18. The van der Waals surface area contributed by atoms with E-state index in [0.717, 1.165) is 193 Å². The van der Waals surface area contributed by atoms with E-state index >= 15 is 0 Å². The number of aliphatic carboxylic acids is 2. The van der Waals surface area contributed by atoms with Crippen molar-refractivity contribution in [3.05, 3.63) is 0 Å². The highest BCUT2D eigenvalue weighted by Crippen LogP contribution is 2.19. The van der Waals surface area contributed by atoms with Gasteiger partial charge in [-0.25, -0.2) is 0 Å². The van der Waals surface area contributed by atoms with E-state index in [1.807, 2.05) is 69.2 Å². The first-order valence-electron chi connectivity index (χ1n) is 51.6. The maximum atomic E-state index is 12.9. The van der Waals surface area contributed by atoms with Gasteiger partial charge in [-0.1, -0.05) is 173 Å². The normalized spacial score (nSPS) is 12.4. The van der Waals surface area contributed by atoms with Gasteiger partial charge >= 0.3 is 0 Å². The zero-order valence-electron chi connectivity index (χ0n) is 87.9. The van der Waals surface area contributed by atoms with Crippen LogP contribution in [-0.4, -0.2) is 199 Å². The molecule has 9 unspecified atom stereocenters. The van der Waals surface area contributed by atoms with Crippen LogP contribution in [0, 0.1) is 0 Å². The van der Waals surface area contributed by atoms with Gasteiger partial charge in [0.1, 0.15) is 46.3 Å². The first kappa shape index (κ1) is 142. The molecule has 0 saturated heterocycles. The third kappa shape index (κ3) is 98.9. The molecular weight excluding hydrogens is 1710 g/mol. The van der Waals surface area contributed by atoms with Crippen LogP contribution in [0.1, 0.15) is 460 Å². The van der Waals surface area contributed by atoms with Crippen molar-refractivity contribution in [2.45, 2.75) is 514 Å². The molecule has 5 amide bonds. The Bertz CT molecular complexity index is 3100. The average Bonchev–Trinajstić information content (AvgIpc) is 0.917. The standard InChI is InChI=1S/C30H54N4O7.C24H42N2O6.C22H40N2O4.C19H37N3O3.4C2H6/c1-4-20-33-25(22(2)35)14-7-5-10-17-28(38)26(34-29(39)18-19-30(40)41)15-8-6-9-16-27(37)24(31)13-11-12-21-32-23(3)36;1-4-17-25-20(19(3)28)12-8-6-10-14-22(29)21(13-9-5-7-11-18(2)27)26-23(30)15-16-24(31)32;1-5-16-23-20(18(3)26)13-9-7-11-15-22(28)21(24-19(4)27)14-10-6-8-12-17(2)25;1-4-13-22-18(15(2)23)11-6-5-7-12-19(25)17(20)10-8-9-14-21-16(3)24;4*1-2/h24-26,33H,4-21,31H2,1-3H3,(H,32,36)(H,34,39)(H,40,41);20-21,25H,4-17H2,1-3H3,(H,26,30)(H,31,32);20-21,23H,5-16H2,1-4H3,(H,24,27);17-18,22H,4-14,20H2,1-3H3,(H,21,24);4*1-2H3/p-2. The summed E-state index contributed by atoms with van der Waals surface area (Å²) >= 11 is 0. The molecule has 0 aromatic carbocycles. The Balaban J connectivity index is -0.000000260. The van der Waals surface area contributed by atoms with Crippen LogP contribution in [0.5, 0.6) is 0 Å². The minimum atomic E-state index is -1.32. The van der Waals surface area contributed by atoms with E-state index in [-0.39, 0.29) is 131 Å². The number of carboxylic acids is 2. The molecule has 0 aromatic heterocycles. The van der Waals surface area contributed by atoms with Crippen molar-refractivity contribution >= 4 is 105 Å². The summed E-state index contributed by atoms with van der Waals surface area (Å²) in [5, 5.41) is 47.8. The molecule has 13 N–H and O–H groups in total. The summed E-state index contributed by atoms with van der Waals surface area (Å²) in [5.74, 6) is -2.97. The largest absolute Gasteiger partial charge is 0.550 e. The molecule has 0 aromatic rings. The summed E-state index contributed by atoms with van der Waals surface area (Å²) in [7, 11) is 0. The highest BCUT2D eigenvalue weighted by Gasteiger charge is 2.25. The summed E-state index contributed by atoms with van der Waals surface area (Å²) in [4.78, 5) is 209. The maximum Gasteiger partial charge on any atom is 0.220 e. The lowest BCUT2D eigenvalue weighted by Crippen LogP contribution is -2.41. The lowest BCUT2D eigenvalue weighted by atomic mass is 9.97. The van der Waals surface area contributed by atoms with Crippen LogP contribution < -0.4 is 69.5 Å². The first-order valence-corrected chi connectivity index (χ1v) is 51.6. The van der Waals surface area contributed by atoms with E-state index in [0.29, 0.717) is 129 Å². The van der Waals surface area contributed by atoms with Crippen LogP contribution in [0.4, 0.5) is 0 Å². The van der Waals surface area contributed by atoms with Gasteiger partial charge in [0.05, 0.1) is 54.4 Å². The fourth-order valence-electron chi connectivity index (χ4n) is 13.9. The number of amides is 5. The second kappa shape index (κ2) is 103. The van der Waals surface area contributed by atoms with Gasteiger partial charge in [0.15, 0.2) is 17.3 Å². The number of hydrogen-bond donors (Lipinski definition) is 11. The van der Waals surface area contributed by atoms with E-state index in [1.54, 1.807) is 41.5 Å². The van der Waals surface area contributed by atoms with Gasteiger partial charge < -0.3 is 88.7 Å². The predicted octanol–water partition coefficient (Wildman–Crippen LogP) is 13.4. The van der Waals surface area contributed by atoms with Gasteiger partial charge in [-0.3, -0.25) is 67.1 Å². The second-order valence-corrected chi connectivity index (χ2v) is 33.8. The maximum absolute atomic E-state index is 12.9. The predicted molar refractivity (Wildman–Crippen MR) is 535 cm³/mol. The Morgan fingerprint density at radius 3 is 0.634 bits per heavy atom. The van der Waals surface area contributed by atoms with Gasteiger partial charge in [-0.05, 0) is 235 Å². The highest BCUT2D eigenvalue weighted by molar-refractivity contribution is 5.92. The van der Waals surface area contributed by atoms with E-state index in [2.05, 4.69) is 61.7 Å². The molecule has 784 valence electrons. The number of hydrogen-bond acceptors (Lipinski definition) is 26. The van der Waals surface area contributed by atoms with Gasteiger partial charge in [-0.2, -0.15) is 0 Å². The van der Waals surface area contributed by atoms with Crippen LogP contribution in [0.15, 0.2) is 0 Å². The van der Waals surface area contributed by atoms with Crippen molar-refractivity contribution < 1.29 is 96.5 Å². The molecule has 31 nitrogen and oxygen atoms in total. The lowest BCUT2D eigenvalue weighted by molar-refractivity contribution is -0.307. The van der Waals surface area contributed by atoms with Crippen molar-refractivity contribution in [2.75, 3.05) is 39.3 Å². The summed E-state index contributed by atoms with van der Waals surface area (Å²) < 4.78 is 0. The number of nitrogens with two attached hydrogens (primary N) is 2. The van der Waals surface area contributed by atoms with Crippen molar-refractivity contribution in [1.82, 2.24) is 47.9 Å². The molecule has 0 saturated carbocycles. The molecule has 0 rings (SSSR count). The summed E-state index contributed by atoms with van der Waals surface area (Å²) in [6, 6.07) is -3.15. The fourth-order valence-corrected chi connectivity index (χ4v) is 13.9. The molecule has 0 aliphatic heterocycles. The van der Waals surface area contributed by atoms with Crippen LogP contribution >= 0.6 is 0 Å². The van der Waals surface area contributed by atoms with Crippen molar-refractivity contribution in [1.29, 1.82) is 0 Å². The molecule has 9 atom stereocenters. The van der Waals surface area contributed by atoms with Crippen molar-refractivity contribution in [2.24, 2.45) is 11.5 Å². The fraction of sp³-hybridized carbons (Fsp3) is 0.825. The average molecular weight is 1910 g/mol. The van der Waals surface area contributed by atoms with Crippen molar-refractivity contribution in [3.63, 3.8) is 0 Å². The van der Waals surface area contributed by atoms with Crippen LogP contribution in [0.3, 0.4) is 0 Å². The van der Waals surface area contributed by atoms with Gasteiger partial charge in [-0.15, -0.1) is 0 Å². The van der Waals surface area contributed by atoms with Crippen LogP contribution in [0.25, 0.3) is 0 Å². The monoisotopic (exact) mass is 1910 g/mol. The molecule has 0 aliphatic rings. The zero-order valence-corrected chi connectivity index (χ0v) is 87.9. The first-order chi connectivity index (χ1) is 63.8. The molecule has 0 radical (unpaired) electrons. The van der Waals surface area contributed by atoms with Crippen LogP contribution in [0.2, 0.25) is 0 Å². The van der Waals surface area contributed by atoms with Crippen molar-refractivity contribution in [3.8, 4) is 0 Å². The molecule has 31 heteroatoms. The van der Waals surface area contributed by atoms with Gasteiger partial charge in [0.2, 0.25) is 29.5 Å². The Morgan fingerprint density at radius 2 is 0.433 bits per heavy atom. The molecular formula is C103H195N11O20-2. The minimum absolute atomic E-state index is 0.00959. The number of nitrogens with one attached hydrogen (secondary N) is 9. The van der Waals surface area contributed by atoms with E-state index in [4.69, 9.17) is 11.5 Å². The number of ketones is 11. The Kier molecular flexibility index (Phi) is 109. The molecule has 0 heterocycles. The molecule has 0 bridgehead atoms. The molecule has 134 heavy (non-hydrogen) atoms. The summed E-state index contributed by atoms with van der Waals surface area (Å²) in [6.45, 7) is 42.7. The van der Waals surface area contributed by atoms with E-state index in [1.165, 1.54) is 20.8 Å². The second-order valence-electron chi connectivity index (χ2n) is 33.8. The quantitative estimate of drug-likeness (QED) is 0.0252. The van der Waals surface area contributed by atoms with Gasteiger partial charge in [0.25, 0.3) is 0 Å². The number of carbonyl (C=O) groups excluding carboxylic acids is 18. The summed E-state index contributed by atoms with van der Waals surface area (Å²) in [5.41, 5.74) is 11.9. The topological polar surface area (TPSA) is 514 Å². The molecule has 0 fully saturated rings. The molecule has 0 spiro atoms. The number of unbranched alkanes of at least 4 members (excludes halogenated alkanes) is 16. The third-order valence-corrected chi connectivity index (χ3v) is 21.4. The Labute approximate surface area is 810 Å². The number of rotatable bonds is 82. The molecule has 0 aliphatic carbocycles. The Hall–Kier alpha value is -7.58. The van der Waals surface area contributed by atoms with Gasteiger partial charge in [0, 0.05) is 104 Å². The third-order valence-electron chi connectivity index (χ3n) is 21.4. The smallest absolute Gasteiger partial charge is 0.220 e. The number of carbonyl (C=O) groups is 18.